The fraction of sp³-hybridized carbons (Fsp3) is 0.438. The zero-order valence-corrected chi connectivity index (χ0v) is 13.9. The second kappa shape index (κ2) is 6.77. The number of anilines is 2. The van der Waals surface area contributed by atoms with Gasteiger partial charge in [0.2, 0.25) is 0 Å². The molecule has 2 heterocycles. The molecule has 0 unspecified atom stereocenters. The van der Waals surface area contributed by atoms with Crippen molar-refractivity contribution in [1.29, 1.82) is 0 Å². The topological polar surface area (TPSA) is 76.7 Å². The summed E-state index contributed by atoms with van der Waals surface area (Å²) in [6, 6.07) is 5.25. The first-order chi connectivity index (χ1) is 11.6. The maximum absolute atomic E-state index is 11.5. The second-order valence-corrected chi connectivity index (χ2v) is 5.66. The molecule has 0 spiro atoms. The first kappa shape index (κ1) is 16.1. The van der Waals surface area contributed by atoms with Crippen LogP contribution in [0.1, 0.15) is 6.92 Å². The highest BCUT2D eigenvalue weighted by Crippen LogP contribution is 2.37. The van der Waals surface area contributed by atoms with E-state index in [1.807, 2.05) is 31.3 Å². The third-order valence-corrected chi connectivity index (χ3v) is 4.14. The van der Waals surface area contributed by atoms with E-state index >= 15 is 0 Å². The van der Waals surface area contributed by atoms with E-state index < -0.39 is 0 Å². The lowest BCUT2D eigenvalue weighted by atomic mass is 10.2. The zero-order valence-electron chi connectivity index (χ0n) is 13.9. The number of hydrogen-bond donors (Lipinski definition) is 0. The van der Waals surface area contributed by atoms with Crippen molar-refractivity contribution in [2.75, 3.05) is 42.6 Å². The zero-order chi connectivity index (χ0) is 17.1. The number of para-hydroxylation sites is 1. The minimum Gasteiger partial charge on any atom is -0.487 e. The lowest BCUT2D eigenvalue weighted by Crippen LogP contribution is -2.46. The van der Waals surface area contributed by atoms with Crippen molar-refractivity contribution < 1.29 is 9.66 Å². The predicted octanol–water partition coefficient (Wildman–Crippen LogP) is 2.05. The minimum atomic E-state index is -0.353. The van der Waals surface area contributed by atoms with E-state index in [4.69, 9.17) is 4.74 Å². The number of nitro benzene ring substituents is 1. The Labute approximate surface area is 140 Å². The highest BCUT2D eigenvalue weighted by atomic mass is 16.6. The van der Waals surface area contributed by atoms with Crippen LogP contribution in [0.2, 0.25) is 0 Å². The SMILES string of the molecule is CCOc1cccc(N2CCN(c3cnn(C)c3)CC2)c1[N+](=O)[O-]. The highest BCUT2D eigenvalue weighted by Gasteiger charge is 2.27. The minimum absolute atomic E-state index is 0.0502. The third kappa shape index (κ3) is 3.12. The quantitative estimate of drug-likeness (QED) is 0.616. The molecule has 2 aromatic rings. The van der Waals surface area contributed by atoms with Crippen molar-refractivity contribution in [3.63, 3.8) is 0 Å². The van der Waals surface area contributed by atoms with Crippen LogP contribution < -0.4 is 14.5 Å². The molecule has 1 aliphatic rings. The first-order valence-electron chi connectivity index (χ1n) is 7.99. The summed E-state index contributed by atoms with van der Waals surface area (Å²) < 4.78 is 7.21. The Hall–Kier alpha value is -2.77. The molecule has 128 valence electrons. The average molecular weight is 331 g/mol. The summed E-state index contributed by atoms with van der Waals surface area (Å²) in [4.78, 5) is 15.5. The summed E-state index contributed by atoms with van der Waals surface area (Å²) in [6.07, 6.45) is 3.82. The maximum atomic E-state index is 11.5. The number of aromatic nitrogens is 2. The number of aryl methyl sites for hydroxylation is 1. The summed E-state index contributed by atoms with van der Waals surface area (Å²) in [5.74, 6) is 0.328. The van der Waals surface area contributed by atoms with E-state index in [1.165, 1.54) is 0 Å². The monoisotopic (exact) mass is 331 g/mol. The van der Waals surface area contributed by atoms with Crippen LogP contribution >= 0.6 is 0 Å². The van der Waals surface area contributed by atoms with Crippen LogP contribution in [-0.4, -0.2) is 47.5 Å². The van der Waals surface area contributed by atoms with Crippen LogP contribution in [0.4, 0.5) is 17.1 Å². The van der Waals surface area contributed by atoms with Crippen LogP contribution in [0.5, 0.6) is 5.75 Å². The summed E-state index contributed by atoms with van der Waals surface area (Å²) in [7, 11) is 1.89. The number of ether oxygens (including phenoxy) is 1. The number of nitrogens with zero attached hydrogens (tertiary/aromatic N) is 5. The third-order valence-electron chi connectivity index (χ3n) is 4.14. The first-order valence-corrected chi connectivity index (χ1v) is 7.99. The van der Waals surface area contributed by atoms with E-state index in [9.17, 15) is 10.1 Å². The van der Waals surface area contributed by atoms with Crippen LogP contribution in [0.3, 0.4) is 0 Å². The predicted molar refractivity (Wildman–Crippen MR) is 91.9 cm³/mol. The van der Waals surface area contributed by atoms with Crippen LogP contribution in [-0.2, 0) is 7.05 Å². The summed E-state index contributed by atoms with van der Waals surface area (Å²) in [5.41, 5.74) is 1.75. The van der Waals surface area contributed by atoms with E-state index in [2.05, 4.69) is 10.00 Å². The van der Waals surface area contributed by atoms with Crippen molar-refractivity contribution in [2.45, 2.75) is 6.92 Å². The smallest absolute Gasteiger partial charge is 0.333 e. The molecule has 1 aliphatic heterocycles. The van der Waals surface area contributed by atoms with Gasteiger partial charge >= 0.3 is 5.69 Å². The molecular weight excluding hydrogens is 310 g/mol. The molecule has 0 atom stereocenters. The molecule has 1 saturated heterocycles. The normalized spacial score (nSPS) is 14.8. The van der Waals surface area contributed by atoms with Crippen molar-refractivity contribution in [1.82, 2.24) is 9.78 Å². The van der Waals surface area contributed by atoms with Crippen molar-refractivity contribution >= 4 is 17.1 Å². The molecule has 3 rings (SSSR count). The highest BCUT2D eigenvalue weighted by molar-refractivity contribution is 5.70. The van der Waals surface area contributed by atoms with Crippen LogP contribution in [0.15, 0.2) is 30.6 Å². The van der Waals surface area contributed by atoms with Gasteiger partial charge in [-0.1, -0.05) is 6.07 Å². The largest absolute Gasteiger partial charge is 0.487 e. The fourth-order valence-electron chi connectivity index (χ4n) is 3.00. The fourth-order valence-corrected chi connectivity index (χ4v) is 3.00. The molecule has 1 aromatic heterocycles. The van der Waals surface area contributed by atoms with Gasteiger partial charge in [0.25, 0.3) is 0 Å². The summed E-state index contributed by atoms with van der Waals surface area (Å²) in [5, 5.41) is 15.7. The maximum Gasteiger partial charge on any atom is 0.333 e. The van der Waals surface area contributed by atoms with Gasteiger partial charge in [-0.25, -0.2) is 0 Å². The van der Waals surface area contributed by atoms with Gasteiger partial charge in [-0.2, -0.15) is 5.10 Å². The summed E-state index contributed by atoms with van der Waals surface area (Å²) in [6.45, 7) is 5.24. The molecule has 8 nitrogen and oxygen atoms in total. The van der Waals surface area contributed by atoms with Crippen molar-refractivity contribution in [3.8, 4) is 5.75 Å². The van der Waals surface area contributed by atoms with Gasteiger partial charge in [0.05, 0.1) is 23.4 Å². The van der Waals surface area contributed by atoms with Gasteiger partial charge < -0.3 is 14.5 Å². The Morgan fingerprint density at radius 1 is 1.25 bits per heavy atom. The Balaban J connectivity index is 1.79. The molecular formula is C16H21N5O3. The lowest BCUT2D eigenvalue weighted by molar-refractivity contribution is -0.385. The number of rotatable bonds is 5. The van der Waals surface area contributed by atoms with Gasteiger partial charge in [0.15, 0.2) is 5.75 Å². The molecule has 24 heavy (non-hydrogen) atoms. The number of piperazine rings is 1. The molecule has 8 heteroatoms. The van der Waals surface area contributed by atoms with E-state index in [0.717, 1.165) is 18.8 Å². The van der Waals surface area contributed by atoms with Gasteiger partial charge in [-0.15, -0.1) is 0 Å². The molecule has 0 amide bonds. The Morgan fingerprint density at radius 2 is 1.96 bits per heavy atom. The average Bonchev–Trinajstić information content (AvgIpc) is 3.01. The molecule has 0 N–H and O–H groups in total. The second-order valence-electron chi connectivity index (χ2n) is 5.66. The van der Waals surface area contributed by atoms with Crippen LogP contribution in [0.25, 0.3) is 0 Å². The van der Waals surface area contributed by atoms with Gasteiger partial charge in [-0.05, 0) is 19.1 Å². The van der Waals surface area contributed by atoms with Crippen LogP contribution in [0, 0.1) is 10.1 Å². The molecule has 0 aliphatic carbocycles. The number of hydrogen-bond acceptors (Lipinski definition) is 6. The standard InChI is InChI=1S/C16H21N5O3/c1-3-24-15-6-4-5-14(16(15)21(22)23)20-9-7-19(8-10-20)13-11-17-18(2)12-13/h4-6,11-12H,3,7-10H2,1-2H3. The van der Waals surface area contributed by atoms with E-state index in [-0.39, 0.29) is 10.6 Å². The number of benzene rings is 1. The Bertz CT molecular complexity index is 722. The Morgan fingerprint density at radius 3 is 2.54 bits per heavy atom. The molecule has 1 aromatic carbocycles. The van der Waals surface area contributed by atoms with E-state index in [1.54, 1.807) is 22.9 Å². The number of nitro groups is 1. The van der Waals surface area contributed by atoms with Gasteiger partial charge in [0, 0.05) is 39.4 Å². The van der Waals surface area contributed by atoms with Gasteiger partial charge in [0.1, 0.15) is 5.69 Å². The van der Waals surface area contributed by atoms with Crippen molar-refractivity contribution in [3.05, 3.63) is 40.7 Å². The Kier molecular flexibility index (Phi) is 4.54. The summed E-state index contributed by atoms with van der Waals surface area (Å²) >= 11 is 0. The molecule has 1 fully saturated rings. The lowest BCUT2D eigenvalue weighted by Gasteiger charge is -2.36. The molecule has 0 bridgehead atoms. The van der Waals surface area contributed by atoms with Gasteiger partial charge in [-0.3, -0.25) is 14.8 Å². The van der Waals surface area contributed by atoms with E-state index in [0.29, 0.717) is 31.1 Å². The molecule has 0 saturated carbocycles. The van der Waals surface area contributed by atoms with Crippen molar-refractivity contribution in [2.24, 2.45) is 7.05 Å². The molecule has 0 radical (unpaired) electrons.